The van der Waals surface area contributed by atoms with E-state index < -0.39 is 0 Å². The van der Waals surface area contributed by atoms with Crippen LogP contribution in [0.3, 0.4) is 0 Å². The zero-order valence-corrected chi connectivity index (χ0v) is 10.1. The predicted octanol–water partition coefficient (Wildman–Crippen LogP) is 1.95. The third-order valence-corrected chi connectivity index (χ3v) is 3.50. The van der Waals surface area contributed by atoms with E-state index in [0.29, 0.717) is 6.54 Å². The van der Waals surface area contributed by atoms with Gasteiger partial charge in [0.15, 0.2) is 0 Å². The van der Waals surface area contributed by atoms with E-state index in [4.69, 9.17) is 15.2 Å². The molecule has 1 aromatic carbocycles. The summed E-state index contributed by atoms with van der Waals surface area (Å²) in [7, 11) is 3.30. The molecule has 0 spiro atoms. The molecule has 1 unspecified atom stereocenters. The van der Waals surface area contributed by atoms with Crippen molar-refractivity contribution in [2.75, 3.05) is 20.8 Å². The normalized spacial score (nSPS) is 12.9. The average Bonchev–Trinajstić information content (AvgIpc) is 2.72. The fraction of sp³-hybridized carbons (Fsp3) is 0.364. The molecule has 2 aromatic rings. The molecule has 0 aliphatic carbocycles. The molecule has 1 atom stereocenters. The van der Waals surface area contributed by atoms with E-state index in [0.717, 1.165) is 21.0 Å². The maximum atomic E-state index is 5.61. The molecule has 0 radical (unpaired) electrons. The maximum absolute atomic E-state index is 5.61. The molecule has 16 heavy (non-hydrogen) atoms. The van der Waals surface area contributed by atoms with Crippen LogP contribution in [0.2, 0.25) is 0 Å². The van der Waals surface area contributed by atoms with Crippen molar-refractivity contribution in [3.63, 3.8) is 0 Å². The molecule has 0 aliphatic heterocycles. The Morgan fingerprint density at radius 1 is 1.44 bits per heavy atom. The Kier molecular flexibility index (Phi) is 3.38. The van der Waals surface area contributed by atoms with Crippen molar-refractivity contribution in [1.29, 1.82) is 0 Å². The summed E-state index contributed by atoms with van der Waals surface area (Å²) in [5.41, 5.74) is 6.57. The van der Waals surface area contributed by atoms with Gasteiger partial charge in [-0.2, -0.15) is 0 Å². The van der Waals surface area contributed by atoms with Gasteiger partial charge in [0.05, 0.1) is 17.3 Å². The molecule has 2 N–H and O–H groups in total. The number of methoxy groups -OCH3 is 2. The second-order valence-corrected chi connectivity index (χ2v) is 4.41. The minimum absolute atomic E-state index is 0.122. The van der Waals surface area contributed by atoms with Gasteiger partial charge in [-0.05, 0) is 18.2 Å². The summed E-state index contributed by atoms with van der Waals surface area (Å²) in [6.07, 6.45) is -0.122. The van der Waals surface area contributed by atoms with Crippen molar-refractivity contribution in [2.24, 2.45) is 5.73 Å². The second kappa shape index (κ2) is 4.78. The minimum Gasteiger partial charge on any atom is -0.497 e. The van der Waals surface area contributed by atoms with Gasteiger partial charge in [-0.25, -0.2) is 4.98 Å². The van der Waals surface area contributed by atoms with Gasteiger partial charge < -0.3 is 15.2 Å². The Morgan fingerprint density at radius 2 is 2.25 bits per heavy atom. The maximum Gasteiger partial charge on any atom is 0.124 e. The van der Waals surface area contributed by atoms with Crippen molar-refractivity contribution in [2.45, 2.75) is 6.10 Å². The summed E-state index contributed by atoms with van der Waals surface area (Å²) >= 11 is 1.59. The molecule has 0 fully saturated rings. The summed E-state index contributed by atoms with van der Waals surface area (Å²) < 4.78 is 11.5. The fourth-order valence-corrected chi connectivity index (χ4v) is 2.57. The van der Waals surface area contributed by atoms with Gasteiger partial charge in [-0.15, -0.1) is 11.3 Å². The molecule has 0 saturated carbocycles. The lowest BCUT2D eigenvalue weighted by molar-refractivity contribution is 0.110. The van der Waals surface area contributed by atoms with Crippen LogP contribution in [0.15, 0.2) is 18.2 Å². The number of ether oxygens (including phenoxy) is 2. The fourth-order valence-electron chi connectivity index (χ4n) is 1.49. The van der Waals surface area contributed by atoms with Crippen LogP contribution in [0.4, 0.5) is 0 Å². The van der Waals surface area contributed by atoms with E-state index in [1.807, 2.05) is 18.2 Å². The van der Waals surface area contributed by atoms with Gasteiger partial charge in [-0.3, -0.25) is 0 Å². The quantitative estimate of drug-likeness (QED) is 0.884. The Bertz CT molecular complexity index is 480. The van der Waals surface area contributed by atoms with Gasteiger partial charge in [0.1, 0.15) is 16.9 Å². The standard InChI is InChI=1S/C11H14N2O2S/c1-14-7-3-4-8-10(5-7)16-11(13-8)9(6-12)15-2/h3-5,9H,6,12H2,1-2H3. The SMILES string of the molecule is COc1ccc2nc(C(CN)OC)sc2c1. The Labute approximate surface area is 98.0 Å². The van der Waals surface area contributed by atoms with Crippen molar-refractivity contribution < 1.29 is 9.47 Å². The van der Waals surface area contributed by atoms with Crippen molar-refractivity contribution in [3.8, 4) is 5.75 Å². The highest BCUT2D eigenvalue weighted by atomic mass is 32.1. The first kappa shape index (κ1) is 11.3. The molecular weight excluding hydrogens is 224 g/mol. The van der Waals surface area contributed by atoms with E-state index in [9.17, 15) is 0 Å². The number of nitrogens with two attached hydrogens (primary N) is 1. The van der Waals surface area contributed by atoms with Crippen LogP contribution in [-0.4, -0.2) is 25.7 Å². The van der Waals surface area contributed by atoms with Crippen LogP contribution in [0.1, 0.15) is 11.1 Å². The second-order valence-electron chi connectivity index (χ2n) is 3.35. The third-order valence-electron chi connectivity index (χ3n) is 2.39. The number of rotatable bonds is 4. The first-order valence-electron chi connectivity index (χ1n) is 4.95. The summed E-state index contributed by atoms with van der Waals surface area (Å²) in [4.78, 5) is 4.49. The van der Waals surface area contributed by atoms with Gasteiger partial charge in [0, 0.05) is 13.7 Å². The molecule has 5 heteroatoms. The summed E-state index contributed by atoms with van der Waals surface area (Å²) in [6, 6.07) is 5.81. The average molecular weight is 238 g/mol. The van der Waals surface area contributed by atoms with E-state index in [2.05, 4.69) is 4.98 Å². The van der Waals surface area contributed by atoms with Crippen LogP contribution in [0.5, 0.6) is 5.75 Å². The topological polar surface area (TPSA) is 57.4 Å². The first-order valence-corrected chi connectivity index (χ1v) is 5.77. The Hall–Kier alpha value is -1.17. The highest BCUT2D eigenvalue weighted by Crippen LogP contribution is 2.30. The number of nitrogens with zero attached hydrogens (tertiary/aromatic N) is 1. The highest BCUT2D eigenvalue weighted by molar-refractivity contribution is 7.18. The van der Waals surface area contributed by atoms with Crippen LogP contribution >= 0.6 is 11.3 Å². The number of hydrogen-bond donors (Lipinski definition) is 1. The molecule has 0 aliphatic rings. The van der Waals surface area contributed by atoms with Crippen molar-refractivity contribution in [1.82, 2.24) is 4.98 Å². The van der Waals surface area contributed by atoms with Crippen LogP contribution in [0.25, 0.3) is 10.2 Å². The molecule has 0 bridgehead atoms. The van der Waals surface area contributed by atoms with Crippen LogP contribution in [0, 0.1) is 0 Å². The lowest BCUT2D eigenvalue weighted by Crippen LogP contribution is -2.13. The number of thiazole rings is 1. The van der Waals surface area contributed by atoms with Gasteiger partial charge in [0.2, 0.25) is 0 Å². The first-order chi connectivity index (χ1) is 7.78. The Balaban J connectivity index is 2.43. The number of fused-ring (bicyclic) bond motifs is 1. The largest absolute Gasteiger partial charge is 0.497 e. The minimum atomic E-state index is -0.122. The number of hydrogen-bond acceptors (Lipinski definition) is 5. The van der Waals surface area contributed by atoms with Gasteiger partial charge >= 0.3 is 0 Å². The van der Waals surface area contributed by atoms with Gasteiger partial charge in [0.25, 0.3) is 0 Å². The van der Waals surface area contributed by atoms with Crippen LogP contribution in [-0.2, 0) is 4.74 Å². The monoisotopic (exact) mass is 238 g/mol. The van der Waals surface area contributed by atoms with E-state index in [-0.39, 0.29) is 6.10 Å². The molecule has 0 amide bonds. The summed E-state index contributed by atoms with van der Waals surface area (Å²) in [5.74, 6) is 0.837. The lowest BCUT2D eigenvalue weighted by Gasteiger charge is -2.07. The number of benzene rings is 1. The summed E-state index contributed by atoms with van der Waals surface area (Å²) in [6.45, 7) is 0.438. The zero-order valence-electron chi connectivity index (χ0n) is 9.27. The molecule has 4 nitrogen and oxygen atoms in total. The van der Waals surface area contributed by atoms with E-state index in [1.165, 1.54) is 0 Å². The molecule has 1 heterocycles. The Morgan fingerprint density at radius 3 is 2.88 bits per heavy atom. The summed E-state index contributed by atoms with van der Waals surface area (Å²) in [5, 5.41) is 0.910. The lowest BCUT2D eigenvalue weighted by atomic mass is 10.3. The molecule has 1 aromatic heterocycles. The molecular formula is C11H14N2O2S. The van der Waals surface area contributed by atoms with Crippen molar-refractivity contribution >= 4 is 21.6 Å². The third kappa shape index (κ3) is 2.02. The van der Waals surface area contributed by atoms with E-state index in [1.54, 1.807) is 25.6 Å². The zero-order chi connectivity index (χ0) is 11.5. The van der Waals surface area contributed by atoms with E-state index >= 15 is 0 Å². The predicted molar refractivity (Wildman–Crippen MR) is 65.0 cm³/mol. The molecule has 0 saturated heterocycles. The molecule has 86 valence electrons. The van der Waals surface area contributed by atoms with Crippen molar-refractivity contribution in [3.05, 3.63) is 23.2 Å². The smallest absolute Gasteiger partial charge is 0.124 e. The molecule has 2 rings (SSSR count). The van der Waals surface area contributed by atoms with Gasteiger partial charge in [-0.1, -0.05) is 0 Å². The highest BCUT2D eigenvalue weighted by Gasteiger charge is 2.14. The van der Waals surface area contributed by atoms with Crippen LogP contribution < -0.4 is 10.5 Å². The number of aromatic nitrogens is 1.